The zero-order valence-corrected chi connectivity index (χ0v) is 15.7. The second-order valence-electron chi connectivity index (χ2n) is 6.78. The van der Waals surface area contributed by atoms with Crippen molar-refractivity contribution in [2.24, 2.45) is 0 Å². The number of phenolic OH excluding ortho intramolecular Hbond substituents is 2. The first-order chi connectivity index (χ1) is 14.3. The molecule has 1 heterocycles. The van der Waals surface area contributed by atoms with Crippen molar-refractivity contribution in [2.75, 3.05) is 6.61 Å². The summed E-state index contributed by atoms with van der Waals surface area (Å²) in [7, 11) is 0. The number of ketones is 1. The van der Waals surface area contributed by atoms with Gasteiger partial charge in [-0.05, 0) is 35.9 Å². The van der Waals surface area contributed by atoms with Gasteiger partial charge in [0.25, 0.3) is 0 Å². The molecule has 0 aliphatic carbocycles. The van der Waals surface area contributed by atoms with E-state index in [1.807, 2.05) is 0 Å². The lowest BCUT2D eigenvalue weighted by molar-refractivity contribution is -0.277. The van der Waals surface area contributed by atoms with Crippen molar-refractivity contribution in [1.29, 1.82) is 0 Å². The van der Waals surface area contributed by atoms with Gasteiger partial charge in [0.1, 0.15) is 41.7 Å². The number of ether oxygens (including phenoxy) is 2. The summed E-state index contributed by atoms with van der Waals surface area (Å²) in [5.74, 6) is -0.733. The van der Waals surface area contributed by atoms with Crippen LogP contribution in [0.3, 0.4) is 0 Å². The standard InChI is InChI=1S/C21H22O9/c22-10-17-18(26)19(27)20(28)21(30-17)29-16-9-13(24)6-7-14(16)15(25)8-3-11-1-4-12(23)5-2-11/h1-9,17-24,26-28H,10H2/b8-3+/t17-,18+,19+,20-,21-/m0/s1. The topological polar surface area (TPSA) is 157 Å². The van der Waals surface area contributed by atoms with Gasteiger partial charge in [-0.25, -0.2) is 0 Å². The fourth-order valence-electron chi connectivity index (χ4n) is 2.95. The number of aliphatic hydroxyl groups is 4. The number of aliphatic hydroxyl groups excluding tert-OH is 4. The molecule has 0 spiro atoms. The normalized spacial score (nSPS) is 26.6. The summed E-state index contributed by atoms with van der Waals surface area (Å²) >= 11 is 0. The van der Waals surface area contributed by atoms with E-state index >= 15 is 0 Å². The van der Waals surface area contributed by atoms with Crippen LogP contribution in [0.4, 0.5) is 0 Å². The molecule has 1 fully saturated rings. The van der Waals surface area contributed by atoms with E-state index in [1.54, 1.807) is 12.1 Å². The summed E-state index contributed by atoms with van der Waals surface area (Å²) in [5, 5.41) is 58.2. The highest BCUT2D eigenvalue weighted by Crippen LogP contribution is 2.30. The number of benzene rings is 2. The van der Waals surface area contributed by atoms with Gasteiger partial charge in [0.2, 0.25) is 6.29 Å². The molecular formula is C21H22O9. The van der Waals surface area contributed by atoms with Crippen molar-refractivity contribution in [1.82, 2.24) is 0 Å². The van der Waals surface area contributed by atoms with E-state index in [-0.39, 0.29) is 22.8 Å². The van der Waals surface area contributed by atoms with Crippen LogP contribution >= 0.6 is 0 Å². The van der Waals surface area contributed by atoms with Gasteiger partial charge < -0.3 is 40.1 Å². The molecule has 9 nitrogen and oxygen atoms in total. The Morgan fingerprint density at radius 1 is 0.967 bits per heavy atom. The molecule has 1 aliphatic rings. The molecule has 0 radical (unpaired) electrons. The number of allylic oxidation sites excluding steroid dienone is 1. The Bertz CT molecular complexity index is 907. The minimum atomic E-state index is -1.67. The molecule has 1 saturated heterocycles. The summed E-state index contributed by atoms with van der Waals surface area (Å²) in [5.41, 5.74) is 0.705. The number of phenols is 2. The Hall–Kier alpha value is -2.95. The van der Waals surface area contributed by atoms with Crippen molar-refractivity contribution >= 4 is 11.9 Å². The lowest BCUT2D eigenvalue weighted by atomic mass is 9.99. The number of rotatable bonds is 6. The summed E-state index contributed by atoms with van der Waals surface area (Å²) < 4.78 is 10.8. The number of hydrogen-bond donors (Lipinski definition) is 6. The molecular weight excluding hydrogens is 396 g/mol. The quantitative estimate of drug-likeness (QED) is 0.284. The Morgan fingerprint density at radius 2 is 1.63 bits per heavy atom. The van der Waals surface area contributed by atoms with Crippen LogP contribution < -0.4 is 4.74 Å². The first kappa shape index (κ1) is 21.8. The summed E-state index contributed by atoms with van der Waals surface area (Å²) in [6.45, 7) is -0.633. The van der Waals surface area contributed by atoms with Crippen LogP contribution in [0.15, 0.2) is 48.5 Å². The molecule has 0 aromatic heterocycles. The van der Waals surface area contributed by atoms with Crippen molar-refractivity contribution in [2.45, 2.75) is 30.7 Å². The molecule has 2 aromatic carbocycles. The molecule has 0 bridgehead atoms. The highest BCUT2D eigenvalue weighted by molar-refractivity contribution is 6.08. The molecule has 1 aliphatic heterocycles. The summed E-state index contributed by atoms with van der Waals surface area (Å²) in [6, 6.07) is 9.91. The monoisotopic (exact) mass is 418 g/mol. The van der Waals surface area contributed by atoms with Crippen molar-refractivity contribution in [3.63, 3.8) is 0 Å². The van der Waals surface area contributed by atoms with Gasteiger partial charge in [0.15, 0.2) is 5.78 Å². The van der Waals surface area contributed by atoms with Crippen LogP contribution in [0.25, 0.3) is 6.08 Å². The first-order valence-electron chi connectivity index (χ1n) is 9.12. The highest BCUT2D eigenvalue weighted by Gasteiger charge is 2.45. The average molecular weight is 418 g/mol. The van der Waals surface area contributed by atoms with Gasteiger partial charge in [0, 0.05) is 6.07 Å². The molecule has 6 N–H and O–H groups in total. The fraction of sp³-hybridized carbons (Fsp3) is 0.286. The van der Waals surface area contributed by atoms with Crippen LogP contribution in [0.1, 0.15) is 15.9 Å². The van der Waals surface area contributed by atoms with E-state index in [0.717, 1.165) is 6.07 Å². The fourth-order valence-corrected chi connectivity index (χ4v) is 2.95. The van der Waals surface area contributed by atoms with Gasteiger partial charge in [-0.15, -0.1) is 0 Å². The third-order valence-corrected chi connectivity index (χ3v) is 4.64. The minimum absolute atomic E-state index is 0.0415. The third kappa shape index (κ3) is 4.78. The van der Waals surface area contributed by atoms with Gasteiger partial charge in [-0.3, -0.25) is 4.79 Å². The number of hydrogen-bond acceptors (Lipinski definition) is 9. The maximum Gasteiger partial charge on any atom is 0.229 e. The van der Waals surface area contributed by atoms with Crippen molar-refractivity contribution in [3.8, 4) is 17.2 Å². The number of aromatic hydroxyl groups is 2. The van der Waals surface area contributed by atoms with Crippen LogP contribution in [0.2, 0.25) is 0 Å². The Balaban J connectivity index is 1.82. The maximum atomic E-state index is 12.6. The molecule has 30 heavy (non-hydrogen) atoms. The smallest absolute Gasteiger partial charge is 0.229 e. The number of carbonyl (C=O) groups is 1. The molecule has 0 amide bonds. The molecule has 9 heteroatoms. The predicted octanol–water partition coefficient (Wildman–Crippen LogP) is 0.173. The van der Waals surface area contributed by atoms with E-state index < -0.39 is 43.1 Å². The highest BCUT2D eigenvalue weighted by atomic mass is 16.7. The third-order valence-electron chi connectivity index (χ3n) is 4.64. The van der Waals surface area contributed by atoms with E-state index in [0.29, 0.717) is 5.56 Å². The Kier molecular flexibility index (Phi) is 6.70. The molecule has 160 valence electrons. The van der Waals surface area contributed by atoms with Crippen LogP contribution in [0.5, 0.6) is 17.2 Å². The molecule has 2 aromatic rings. The molecule has 5 atom stereocenters. The second-order valence-corrected chi connectivity index (χ2v) is 6.78. The second kappa shape index (κ2) is 9.24. The van der Waals surface area contributed by atoms with E-state index in [1.165, 1.54) is 36.4 Å². The van der Waals surface area contributed by atoms with Crippen molar-refractivity contribution < 1.29 is 44.9 Å². The van der Waals surface area contributed by atoms with Gasteiger partial charge >= 0.3 is 0 Å². The summed E-state index contributed by atoms with van der Waals surface area (Å²) in [6.07, 6.45) is -4.77. The van der Waals surface area contributed by atoms with Crippen LogP contribution in [0, 0.1) is 0 Å². The van der Waals surface area contributed by atoms with Gasteiger partial charge in [-0.1, -0.05) is 18.2 Å². The summed E-state index contributed by atoms with van der Waals surface area (Å²) in [4.78, 5) is 12.6. The first-order valence-corrected chi connectivity index (χ1v) is 9.12. The van der Waals surface area contributed by atoms with E-state index in [9.17, 15) is 35.4 Å². The van der Waals surface area contributed by atoms with Gasteiger partial charge in [0.05, 0.1) is 12.2 Å². The van der Waals surface area contributed by atoms with Crippen molar-refractivity contribution in [3.05, 3.63) is 59.7 Å². The average Bonchev–Trinajstić information content (AvgIpc) is 2.73. The maximum absolute atomic E-state index is 12.6. The van der Waals surface area contributed by atoms with Crippen LogP contribution in [-0.4, -0.2) is 73.7 Å². The molecule has 3 rings (SSSR count). The molecule has 0 saturated carbocycles. The number of carbonyl (C=O) groups excluding carboxylic acids is 1. The zero-order valence-electron chi connectivity index (χ0n) is 15.7. The lowest BCUT2D eigenvalue weighted by Crippen LogP contribution is -2.60. The molecule has 0 unspecified atom stereocenters. The van der Waals surface area contributed by atoms with Crippen LogP contribution in [-0.2, 0) is 4.74 Å². The van der Waals surface area contributed by atoms with E-state index in [4.69, 9.17) is 9.47 Å². The predicted molar refractivity (Wildman–Crippen MR) is 104 cm³/mol. The SMILES string of the molecule is O=C(/C=C/c1ccc(O)cc1)c1ccc(O)cc1O[C@H]1O[C@@H](CO)[C@@H](O)[C@@H](O)[C@@H]1O. The minimum Gasteiger partial charge on any atom is -0.508 e. The largest absolute Gasteiger partial charge is 0.508 e. The van der Waals surface area contributed by atoms with E-state index in [2.05, 4.69) is 0 Å². The Labute approximate surface area is 171 Å². The zero-order chi connectivity index (χ0) is 21.8. The van der Waals surface area contributed by atoms with Gasteiger partial charge in [-0.2, -0.15) is 0 Å². The Morgan fingerprint density at radius 3 is 2.30 bits per heavy atom. The lowest BCUT2D eigenvalue weighted by Gasteiger charge is -2.39.